The van der Waals surface area contributed by atoms with Gasteiger partial charge in [0, 0.05) is 30.3 Å². The number of aryl methyl sites for hydroxylation is 1. The standard InChI is InChI=1S/C18H17F3N2O3/c1-12-3-2-4-16(22-12)25-15-9-10-23(11-15)17(24)13-5-7-14(8-6-13)26-18(19,20)21/h2-8,15H,9-11H2,1H3. The number of pyridine rings is 1. The Balaban J connectivity index is 1.59. The van der Waals surface area contributed by atoms with E-state index >= 15 is 0 Å². The SMILES string of the molecule is Cc1cccc(OC2CCN(C(=O)c3ccc(OC(F)(F)F)cc3)C2)n1. The van der Waals surface area contributed by atoms with Gasteiger partial charge in [-0.3, -0.25) is 4.79 Å². The summed E-state index contributed by atoms with van der Waals surface area (Å²) in [6, 6.07) is 10.4. The summed E-state index contributed by atoms with van der Waals surface area (Å²) >= 11 is 0. The van der Waals surface area contributed by atoms with Gasteiger partial charge in [-0.15, -0.1) is 13.2 Å². The van der Waals surface area contributed by atoms with Crippen LogP contribution in [0.25, 0.3) is 0 Å². The van der Waals surface area contributed by atoms with E-state index in [0.717, 1.165) is 17.8 Å². The molecule has 0 saturated carbocycles. The van der Waals surface area contributed by atoms with E-state index < -0.39 is 6.36 Å². The lowest BCUT2D eigenvalue weighted by molar-refractivity contribution is -0.274. The number of hydrogen-bond donors (Lipinski definition) is 0. The van der Waals surface area contributed by atoms with Crippen molar-refractivity contribution in [3.63, 3.8) is 0 Å². The first-order valence-electron chi connectivity index (χ1n) is 8.05. The summed E-state index contributed by atoms with van der Waals surface area (Å²) in [6.07, 6.45) is -4.26. The van der Waals surface area contributed by atoms with Crippen LogP contribution in [0.1, 0.15) is 22.5 Å². The predicted octanol–water partition coefficient (Wildman–Crippen LogP) is 3.58. The molecule has 0 aliphatic carbocycles. The molecular formula is C18H17F3N2O3. The van der Waals surface area contributed by atoms with Gasteiger partial charge in [-0.2, -0.15) is 0 Å². The van der Waals surface area contributed by atoms with Crippen molar-refractivity contribution >= 4 is 5.91 Å². The van der Waals surface area contributed by atoms with E-state index in [-0.39, 0.29) is 17.8 Å². The number of likely N-dealkylation sites (tertiary alicyclic amines) is 1. The number of alkyl halides is 3. The maximum absolute atomic E-state index is 12.5. The fraction of sp³-hybridized carbons (Fsp3) is 0.333. The highest BCUT2D eigenvalue weighted by Crippen LogP contribution is 2.24. The van der Waals surface area contributed by atoms with Crippen molar-refractivity contribution < 1.29 is 27.4 Å². The zero-order chi connectivity index (χ0) is 18.7. The van der Waals surface area contributed by atoms with Crippen molar-refractivity contribution in [2.24, 2.45) is 0 Å². The average molecular weight is 366 g/mol. The number of aromatic nitrogens is 1. The van der Waals surface area contributed by atoms with Gasteiger partial charge in [0.1, 0.15) is 11.9 Å². The summed E-state index contributed by atoms with van der Waals surface area (Å²) < 4.78 is 46.1. The molecule has 1 saturated heterocycles. The molecule has 1 aliphatic heterocycles. The Morgan fingerprint density at radius 1 is 1.19 bits per heavy atom. The Bertz CT molecular complexity index is 778. The monoisotopic (exact) mass is 366 g/mol. The molecule has 1 amide bonds. The molecule has 1 aromatic heterocycles. The largest absolute Gasteiger partial charge is 0.573 e. The van der Waals surface area contributed by atoms with Gasteiger partial charge in [0.15, 0.2) is 0 Å². The molecule has 0 radical (unpaired) electrons. The molecule has 5 nitrogen and oxygen atoms in total. The van der Waals surface area contributed by atoms with Crippen molar-refractivity contribution in [2.45, 2.75) is 25.8 Å². The van der Waals surface area contributed by atoms with Crippen LogP contribution < -0.4 is 9.47 Å². The molecular weight excluding hydrogens is 349 g/mol. The highest BCUT2D eigenvalue weighted by Gasteiger charge is 2.31. The van der Waals surface area contributed by atoms with Crippen LogP contribution in [0.2, 0.25) is 0 Å². The van der Waals surface area contributed by atoms with Crippen molar-refractivity contribution in [1.29, 1.82) is 0 Å². The molecule has 1 aliphatic rings. The third kappa shape index (κ3) is 4.65. The molecule has 2 heterocycles. The minimum atomic E-state index is -4.76. The molecule has 3 rings (SSSR count). The molecule has 1 unspecified atom stereocenters. The van der Waals surface area contributed by atoms with E-state index in [1.807, 2.05) is 19.1 Å². The lowest BCUT2D eigenvalue weighted by Gasteiger charge is -2.17. The van der Waals surface area contributed by atoms with E-state index in [9.17, 15) is 18.0 Å². The van der Waals surface area contributed by atoms with Crippen LogP contribution in [-0.2, 0) is 0 Å². The number of hydrogen-bond acceptors (Lipinski definition) is 4. The van der Waals surface area contributed by atoms with Crippen molar-refractivity contribution in [1.82, 2.24) is 9.88 Å². The minimum absolute atomic E-state index is 0.166. The second-order valence-electron chi connectivity index (χ2n) is 5.97. The van der Waals surface area contributed by atoms with E-state index in [2.05, 4.69) is 9.72 Å². The molecule has 26 heavy (non-hydrogen) atoms. The van der Waals surface area contributed by atoms with Crippen LogP contribution >= 0.6 is 0 Å². The Kier molecular flexibility index (Phi) is 5.01. The molecule has 1 fully saturated rings. The summed E-state index contributed by atoms with van der Waals surface area (Å²) in [5.41, 5.74) is 1.14. The molecule has 0 N–H and O–H groups in total. The van der Waals surface area contributed by atoms with Gasteiger partial charge >= 0.3 is 6.36 Å². The Hall–Kier alpha value is -2.77. The number of halogens is 3. The molecule has 1 atom stereocenters. The summed E-state index contributed by atoms with van der Waals surface area (Å²) in [7, 11) is 0. The van der Waals surface area contributed by atoms with E-state index in [1.165, 1.54) is 12.1 Å². The summed E-state index contributed by atoms with van der Waals surface area (Å²) in [4.78, 5) is 18.4. The van der Waals surface area contributed by atoms with Crippen LogP contribution in [0.15, 0.2) is 42.5 Å². The van der Waals surface area contributed by atoms with Crippen LogP contribution in [0.4, 0.5) is 13.2 Å². The molecule has 0 spiro atoms. The highest BCUT2D eigenvalue weighted by molar-refractivity contribution is 5.94. The van der Waals surface area contributed by atoms with Crippen LogP contribution in [0.5, 0.6) is 11.6 Å². The van der Waals surface area contributed by atoms with Crippen molar-refractivity contribution in [3.8, 4) is 11.6 Å². The maximum atomic E-state index is 12.5. The van der Waals surface area contributed by atoms with Gasteiger partial charge in [-0.25, -0.2) is 4.98 Å². The van der Waals surface area contributed by atoms with Crippen LogP contribution in [-0.4, -0.2) is 41.3 Å². The predicted molar refractivity (Wildman–Crippen MR) is 87.0 cm³/mol. The molecule has 2 aromatic rings. The van der Waals surface area contributed by atoms with E-state index in [4.69, 9.17) is 4.74 Å². The molecule has 1 aromatic carbocycles. The quantitative estimate of drug-likeness (QED) is 0.830. The lowest BCUT2D eigenvalue weighted by atomic mass is 10.2. The number of amides is 1. The van der Waals surface area contributed by atoms with Gasteiger partial charge in [-0.05, 0) is 37.3 Å². The number of nitrogens with zero attached hydrogens (tertiary/aromatic N) is 2. The zero-order valence-electron chi connectivity index (χ0n) is 14.0. The molecule has 138 valence electrons. The number of benzene rings is 1. The van der Waals surface area contributed by atoms with E-state index in [0.29, 0.717) is 31.0 Å². The first-order valence-corrected chi connectivity index (χ1v) is 8.05. The second kappa shape index (κ2) is 7.23. The van der Waals surface area contributed by atoms with Crippen LogP contribution in [0, 0.1) is 6.92 Å². The zero-order valence-corrected chi connectivity index (χ0v) is 14.0. The summed E-state index contributed by atoms with van der Waals surface area (Å²) in [6.45, 7) is 2.77. The summed E-state index contributed by atoms with van der Waals surface area (Å²) in [5.74, 6) is -0.105. The average Bonchev–Trinajstić information content (AvgIpc) is 3.02. The van der Waals surface area contributed by atoms with Crippen molar-refractivity contribution in [3.05, 3.63) is 53.7 Å². The fourth-order valence-corrected chi connectivity index (χ4v) is 2.75. The topological polar surface area (TPSA) is 51.7 Å². The van der Waals surface area contributed by atoms with E-state index in [1.54, 1.807) is 11.0 Å². The van der Waals surface area contributed by atoms with Gasteiger partial charge in [0.25, 0.3) is 5.91 Å². The first-order chi connectivity index (χ1) is 12.3. The number of carbonyl (C=O) groups excluding carboxylic acids is 1. The number of carbonyl (C=O) groups is 1. The molecule has 8 heteroatoms. The normalized spacial score (nSPS) is 17.2. The Morgan fingerprint density at radius 3 is 2.58 bits per heavy atom. The second-order valence-corrected chi connectivity index (χ2v) is 5.97. The Morgan fingerprint density at radius 2 is 1.92 bits per heavy atom. The smallest absolute Gasteiger partial charge is 0.472 e. The maximum Gasteiger partial charge on any atom is 0.573 e. The summed E-state index contributed by atoms with van der Waals surface area (Å²) in [5, 5.41) is 0. The molecule has 0 bridgehead atoms. The lowest BCUT2D eigenvalue weighted by Crippen LogP contribution is -2.31. The first kappa shape index (κ1) is 18.0. The number of rotatable bonds is 4. The third-order valence-electron chi connectivity index (χ3n) is 3.92. The fourth-order valence-electron chi connectivity index (χ4n) is 2.75. The highest BCUT2D eigenvalue weighted by atomic mass is 19.4. The van der Waals surface area contributed by atoms with Crippen LogP contribution in [0.3, 0.4) is 0 Å². The van der Waals surface area contributed by atoms with Gasteiger partial charge in [0.2, 0.25) is 5.88 Å². The van der Waals surface area contributed by atoms with Gasteiger partial charge < -0.3 is 14.4 Å². The Labute approximate surface area is 148 Å². The number of ether oxygens (including phenoxy) is 2. The van der Waals surface area contributed by atoms with Crippen molar-refractivity contribution in [2.75, 3.05) is 13.1 Å². The minimum Gasteiger partial charge on any atom is -0.472 e. The van der Waals surface area contributed by atoms with Gasteiger partial charge in [-0.1, -0.05) is 6.07 Å². The van der Waals surface area contributed by atoms with Gasteiger partial charge in [0.05, 0.1) is 6.54 Å². The third-order valence-corrected chi connectivity index (χ3v) is 3.92.